The average molecular weight is 300 g/mol. The molecule has 0 radical (unpaired) electrons. The van der Waals surface area contributed by atoms with Crippen molar-refractivity contribution >= 4 is 5.69 Å². The Hall–Kier alpha value is -1.69. The van der Waals surface area contributed by atoms with Crippen LogP contribution in [0.15, 0.2) is 35.9 Å². The molecular weight excluding hydrogens is 281 g/mol. The fourth-order valence-corrected chi connectivity index (χ4v) is 2.25. The SMILES string of the molecule is Nc1ccccc1OCCCN1CC=C(C(F)(F)F)CC1. The van der Waals surface area contributed by atoms with Gasteiger partial charge in [-0.05, 0) is 25.0 Å². The number of benzene rings is 1. The van der Waals surface area contributed by atoms with Gasteiger partial charge in [-0.1, -0.05) is 18.2 Å². The molecule has 1 aromatic rings. The second-order valence-corrected chi connectivity index (χ2v) is 5.02. The maximum absolute atomic E-state index is 12.5. The number of rotatable bonds is 5. The molecule has 0 unspecified atom stereocenters. The van der Waals surface area contributed by atoms with Crippen LogP contribution in [0.25, 0.3) is 0 Å². The lowest BCUT2D eigenvalue weighted by atomic mass is 10.1. The van der Waals surface area contributed by atoms with Crippen LogP contribution in [0.1, 0.15) is 12.8 Å². The van der Waals surface area contributed by atoms with Gasteiger partial charge in [0.1, 0.15) is 5.75 Å². The first-order valence-corrected chi connectivity index (χ1v) is 6.92. The summed E-state index contributed by atoms with van der Waals surface area (Å²) in [4.78, 5) is 1.99. The van der Waals surface area contributed by atoms with Crippen LogP contribution in [-0.4, -0.2) is 37.3 Å². The molecule has 2 N–H and O–H groups in total. The maximum atomic E-state index is 12.5. The number of halogens is 3. The first-order chi connectivity index (χ1) is 9.97. The summed E-state index contributed by atoms with van der Waals surface area (Å²) in [6.07, 6.45) is -2.08. The zero-order valence-corrected chi connectivity index (χ0v) is 11.7. The summed E-state index contributed by atoms with van der Waals surface area (Å²) < 4.78 is 43.0. The van der Waals surface area contributed by atoms with Gasteiger partial charge in [0, 0.05) is 25.2 Å². The number of anilines is 1. The number of hydrogen-bond acceptors (Lipinski definition) is 3. The molecular formula is C15H19F3N2O. The summed E-state index contributed by atoms with van der Waals surface area (Å²) >= 11 is 0. The van der Waals surface area contributed by atoms with Crippen LogP contribution < -0.4 is 10.5 Å². The van der Waals surface area contributed by atoms with Crippen LogP contribution in [0.3, 0.4) is 0 Å². The first-order valence-electron chi connectivity index (χ1n) is 6.92. The van der Waals surface area contributed by atoms with Crippen molar-refractivity contribution in [2.75, 3.05) is 32.0 Å². The second kappa shape index (κ2) is 6.85. The van der Waals surface area contributed by atoms with Crippen molar-refractivity contribution in [3.63, 3.8) is 0 Å². The van der Waals surface area contributed by atoms with Gasteiger partial charge in [0.25, 0.3) is 0 Å². The Bertz CT molecular complexity index is 500. The second-order valence-electron chi connectivity index (χ2n) is 5.02. The van der Waals surface area contributed by atoms with Gasteiger partial charge in [-0.15, -0.1) is 0 Å². The van der Waals surface area contributed by atoms with Crippen molar-refractivity contribution < 1.29 is 17.9 Å². The van der Waals surface area contributed by atoms with E-state index in [4.69, 9.17) is 10.5 Å². The minimum absolute atomic E-state index is 0.0655. The third-order valence-electron chi connectivity index (χ3n) is 3.45. The Morgan fingerprint density at radius 3 is 2.62 bits per heavy atom. The fourth-order valence-electron chi connectivity index (χ4n) is 2.25. The third-order valence-corrected chi connectivity index (χ3v) is 3.45. The molecule has 3 nitrogen and oxygen atoms in total. The summed E-state index contributed by atoms with van der Waals surface area (Å²) in [5.74, 6) is 0.649. The number of nitrogen functional groups attached to an aromatic ring is 1. The van der Waals surface area contributed by atoms with Gasteiger partial charge in [-0.2, -0.15) is 13.2 Å². The molecule has 0 fully saturated rings. The first kappa shape index (κ1) is 15.7. The highest BCUT2D eigenvalue weighted by Gasteiger charge is 2.34. The molecule has 6 heteroatoms. The lowest BCUT2D eigenvalue weighted by Crippen LogP contribution is -2.33. The summed E-state index contributed by atoms with van der Waals surface area (Å²) in [6, 6.07) is 7.25. The van der Waals surface area contributed by atoms with Gasteiger partial charge in [0.2, 0.25) is 0 Å². The van der Waals surface area contributed by atoms with Crippen LogP contribution in [0.4, 0.5) is 18.9 Å². The molecule has 0 aromatic heterocycles. The topological polar surface area (TPSA) is 38.5 Å². The number of nitrogens with two attached hydrogens (primary N) is 1. The zero-order chi connectivity index (χ0) is 15.3. The number of hydrogen-bond donors (Lipinski definition) is 1. The van der Waals surface area contributed by atoms with E-state index in [2.05, 4.69) is 0 Å². The van der Waals surface area contributed by atoms with E-state index in [1.807, 2.05) is 17.0 Å². The monoisotopic (exact) mass is 300 g/mol. The number of ether oxygens (including phenoxy) is 1. The van der Waals surface area contributed by atoms with Crippen molar-refractivity contribution in [3.8, 4) is 5.75 Å². The highest BCUT2D eigenvalue weighted by molar-refractivity contribution is 5.51. The van der Waals surface area contributed by atoms with E-state index in [1.165, 1.54) is 6.08 Å². The van der Waals surface area contributed by atoms with Crippen LogP contribution in [0.5, 0.6) is 5.75 Å². The minimum Gasteiger partial charge on any atom is -0.491 e. The quantitative estimate of drug-likeness (QED) is 0.515. The van der Waals surface area contributed by atoms with Crippen molar-refractivity contribution in [1.82, 2.24) is 4.90 Å². The molecule has 2 rings (SSSR count). The van der Waals surface area contributed by atoms with E-state index in [0.717, 1.165) is 6.42 Å². The average Bonchev–Trinajstić information content (AvgIpc) is 2.45. The van der Waals surface area contributed by atoms with Crippen LogP contribution >= 0.6 is 0 Å². The van der Waals surface area contributed by atoms with Crippen molar-refractivity contribution in [1.29, 1.82) is 0 Å². The van der Waals surface area contributed by atoms with Gasteiger partial charge >= 0.3 is 6.18 Å². The summed E-state index contributed by atoms with van der Waals surface area (Å²) in [5, 5.41) is 0. The smallest absolute Gasteiger partial charge is 0.412 e. The van der Waals surface area contributed by atoms with Crippen LogP contribution in [0.2, 0.25) is 0 Å². The Morgan fingerprint density at radius 1 is 1.24 bits per heavy atom. The van der Waals surface area contributed by atoms with Gasteiger partial charge in [0.05, 0.1) is 12.3 Å². The molecule has 1 aliphatic rings. The molecule has 0 amide bonds. The lowest BCUT2D eigenvalue weighted by Gasteiger charge is -2.27. The summed E-state index contributed by atoms with van der Waals surface area (Å²) in [5.41, 5.74) is 5.93. The van der Waals surface area contributed by atoms with E-state index in [0.29, 0.717) is 37.7 Å². The molecule has 0 spiro atoms. The molecule has 1 aliphatic heterocycles. The standard InChI is InChI=1S/C15H19F3N2O/c16-15(17,18)12-6-9-20(10-7-12)8-3-11-21-14-5-2-1-4-13(14)19/h1-2,4-6H,3,7-11,19H2. The van der Waals surface area contributed by atoms with E-state index in [9.17, 15) is 13.2 Å². The summed E-state index contributed by atoms with van der Waals surface area (Å²) in [6.45, 7) is 2.01. The molecule has 0 bridgehead atoms. The van der Waals surface area contributed by atoms with Crippen molar-refractivity contribution in [2.45, 2.75) is 19.0 Å². The van der Waals surface area contributed by atoms with Crippen LogP contribution in [0, 0.1) is 0 Å². The van der Waals surface area contributed by atoms with Gasteiger partial charge in [-0.25, -0.2) is 0 Å². The molecule has 0 aliphatic carbocycles. The van der Waals surface area contributed by atoms with E-state index >= 15 is 0 Å². The Balaban J connectivity index is 1.69. The summed E-state index contributed by atoms with van der Waals surface area (Å²) in [7, 11) is 0. The number of para-hydroxylation sites is 2. The Kier molecular flexibility index (Phi) is 5.12. The van der Waals surface area contributed by atoms with E-state index < -0.39 is 11.7 Å². The van der Waals surface area contributed by atoms with Crippen molar-refractivity contribution in [2.24, 2.45) is 0 Å². The largest absolute Gasteiger partial charge is 0.491 e. The Morgan fingerprint density at radius 2 is 2.00 bits per heavy atom. The van der Waals surface area contributed by atoms with Crippen molar-refractivity contribution in [3.05, 3.63) is 35.9 Å². The van der Waals surface area contributed by atoms with E-state index in [1.54, 1.807) is 12.1 Å². The highest BCUT2D eigenvalue weighted by Crippen LogP contribution is 2.30. The molecule has 0 saturated heterocycles. The molecule has 1 heterocycles. The molecule has 0 saturated carbocycles. The fraction of sp³-hybridized carbons (Fsp3) is 0.467. The molecule has 116 valence electrons. The third kappa shape index (κ3) is 4.67. The number of nitrogens with zero attached hydrogens (tertiary/aromatic N) is 1. The molecule has 0 atom stereocenters. The Labute approximate surface area is 122 Å². The minimum atomic E-state index is -4.18. The number of alkyl halides is 3. The predicted octanol–water partition coefficient (Wildman–Crippen LogP) is 3.23. The predicted molar refractivity (Wildman–Crippen MR) is 76.2 cm³/mol. The van der Waals surface area contributed by atoms with Gasteiger partial charge in [0.15, 0.2) is 0 Å². The molecule has 21 heavy (non-hydrogen) atoms. The molecule has 1 aromatic carbocycles. The van der Waals surface area contributed by atoms with E-state index in [-0.39, 0.29) is 6.42 Å². The van der Waals surface area contributed by atoms with Gasteiger partial charge in [-0.3, -0.25) is 4.90 Å². The normalized spacial score (nSPS) is 16.6. The van der Waals surface area contributed by atoms with Crippen LogP contribution in [-0.2, 0) is 0 Å². The van der Waals surface area contributed by atoms with Gasteiger partial charge < -0.3 is 10.5 Å². The highest BCUT2D eigenvalue weighted by atomic mass is 19.4. The lowest BCUT2D eigenvalue weighted by molar-refractivity contribution is -0.0960. The zero-order valence-electron chi connectivity index (χ0n) is 11.7. The maximum Gasteiger partial charge on any atom is 0.412 e.